The van der Waals surface area contributed by atoms with Gasteiger partial charge in [-0.2, -0.15) is 0 Å². The summed E-state index contributed by atoms with van der Waals surface area (Å²) in [4.78, 5) is 20.8. The number of nitrogens with zero attached hydrogens (tertiary/aromatic N) is 2. The molecule has 0 bridgehead atoms. The van der Waals surface area contributed by atoms with Crippen molar-refractivity contribution in [3.8, 4) is 0 Å². The van der Waals surface area contributed by atoms with Crippen LogP contribution in [0.2, 0.25) is 5.02 Å². The largest absolute Gasteiger partial charge is 0.319 e. The molecule has 0 fully saturated rings. The lowest BCUT2D eigenvalue weighted by atomic mass is 10.1. The van der Waals surface area contributed by atoms with Crippen LogP contribution in [0.5, 0.6) is 0 Å². The molecule has 21 heavy (non-hydrogen) atoms. The Morgan fingerprint density at radius 3 is 2.90 bits per heavy atom. The van der Waals surface area contributed by atoms with Crippen molar-refractivity contribution >= 4 is 45.4 Å². The van der Waals surface area contributed by atoms with Crippen LogP contribution in [0.25, 0.3) is 10.9 Å². The van der Waals surface area contributed by atoms with Crippen molar-refractivity contribution in [1.29, 1.82) is 0 Å². The molecule has 3 aromatic rings. The first-order chi connectivity index (χ1) is 10.1. The molecule has 0 spiro atoms. The standard InChI is InChI=1S/C15H12ClN3OS/c1-8-6-11(16)14(10-4-3-5-17-13(8)10)19-15(20)12-7-21-9(2)18-12/h3-7H,1-2H3,(H,19,20). The second kappa shape index (κ2) is 5.42. The smallest absolute Gasteiger partial charge is 0.275 e. The summed E-state index contributed by atoms with van der Waals surface area (Å²) in [6.07, 6.45) is 1.72. The number of halogens is 1. The summed E-state index contributed by atoms with van der Waals surface area (Å²) in [5.41, 5.74) is 2.76. The number of carbonyl (C=O) groups excluding carboxylic acids is 1. The summed E-state index contributed by atoms with van der Waals surface area (Å²) in [5.74, 6) is -0.268. The van der Waals surface area contributed by atoms with Gasteiger partial charge in [-0.3, -0.25) is 9.78 Å². The minimum Gasteiger partial charge on any atom is -0.319 e. The first-order valence-corrected chi connectivity index (χ1v) is 7.59. The van der Waals surface area contributed by atoms with E-state index in [1.165, 1.54) is 11.3 Å². The van der Waals surface area contributed by atoms with E-state index in [9.17, 15) is 4.79 Å². The van der Waals surface area contributed by atoms with Crippen LogP contribution >= 0.6 is 22.9 Å². The molecule has 4 nitrogen and oxygen atoms in total. The van der Waals surface area contributed by atoms with Crippen molar-refractivity contribution in [3.05, 3.63) is 51.1 Å². The fraction of sp³-hybridized carbons (Fsp3) is 0.133. The third-order valence-electron chi connectivity index (χ3n) is 3.12. The van der Waals surface area contributed by atoms with Crippen LogP contribution in [-0.4, -0.2) is 15.9 Å². The van der Waals surface area contributed by atoms with E-state index < -0.39 is 0 Å². The van der Waals surface area contributed by atoms with Gasteiger partial charge in [-0.15, -0.1) is 11.3 Å². The van der Waals surface area contributed by atoms with Crippen LogP contribution in [0.4, 0.5) is 5.69 Å². The van der Waals surface area contributed by atoms with Gasteiger partial charge in [0, 0.05) is 17.0 Å². The molecule has 2 heterocycles. The Kier molecular flexibility index (Phi) is 3.61. The first kappa shape index (κ1) is 14.0. The molecule has 1 N–H and O–H groups in total. The van der Waals surface area contributed by atoms with Gasteiger partial charge in [0.1, 0.15) is 5.69 Å². The van der Waals surface area contributed by atoms with Crippen LogP contribution in [0.15, 0.2) is 29.8 Å². The second-order valence-electron chi connectivity index (χ2n) is 4.66. The Bertz CT molecular complexity index is 844. The lowest BCUT2D eigenvalue weighted by Gasteiger charge is -2.11. The number of pyridine rings is 1. The number of fused-ring (bicyclic) bond motifs is 1. The van der Waals surface area contributed by atoms with Crippen molar-refractivity contribution < 1.29 is 4.79 Å². The van der Waals surface area contributed by atoms with E-state index in [1.54, 1.807) is 17.6 Å². The maximum atomic E-state index is 12.3. The average molecular weight is 318 g/mol. The van der Waals surface area contributed by atoms with Gasteiger partial charge in [-0.05, 0) is 37.6 Å². The number of aryl methyl sites for hydroxylation is 2. The minimum absolute atomic E-state index is 0.268. The van der Waals surface area contributed by atoms with Gasteiger partial charge in [0.05, 0.1) is 21.2 Å². The van der Waals surface area contributed by atoms with Crippen LogP contribution < -0.4 is 5.32 Å². The Hall–Kier alpha value is -1.98. The van der Waals surface area contributed by atoms with Crippen molar-refractivity contribution in [2.75, 3.05) is 5.32 Å². The van der Waals surface area contributed by atoms with Crippen LogP contribution in [0.3, 0.4) is 0 Å². The van der Waals surface area contributed by atoms with E-state index >= 15 is 0 Å². The van der Waals surface area contributed by atoms with Crippen molar-refractivity contribution in [2.24, 2.45) is 0 Å². The summed E-state index contributed by atoms with van der Waals surface area (Å²) in [5, 5.41) is 6.74. The molecular formula is C15H12ClN3OS. The van der Waals surface area contributed by atoms with Gasteiger partial charge in [-0.1, -0.05) is 11.6 Å². The highest BCUT2D eigenvalue weighted by Crippen LogP contribution is 2.32. The van der Waals surface area contributed by atoms with Crippen molar-refractivity contribution in [3.63, 3.8) is 0 Å². The molecule has 3 rings (SSSR count). The minimum atomic E-state index is -0.268. The molecule has 2 aromatic heterocycles. The van der Waals surface area contributed by atoms with Gasteiger partial charge < -0.3 is 5.32 Å². The van der Waals surface area contributed by atoms with Gasteiger partial charge in [0.15, 0.2) is 0 Å². The monoisotopic (exact) mass is 317 g/mol. The maximum absolute atomic E-state index is 12.3. The quantitative estimate of drug-likeness (QED) is 0.770. The Morgan fingerprint density at radius 2 is 2.19 bits per heavy atom. The Labute approximate surface area is 130 Å². The van der Waals surface area contributed by atoms with Gasteiger partial charge in [0.2, 0.25) is 0 Å². The number of amides is 1. The highest BCUT2D eigenvalue weighted by molar-refractivity contribution is 7.09. The maximum Gasteiger partial charge on any atom is 0.275 e. The van der Waals surface area contributed by atoms with E-state index in [-0.39, 0.29) is 5.91 Å². The zero-order valence-electron chi connectivity index (χ0n) is 11.5. The number of anilines is 1. The molecule has 0 aliphatic heterocycles. The molecule has 1 amide bonds. The van der Waals surface area contributed by atoms with Crippen molar-refractivity contribution in [2.45, 2.75) is 13.8 Å². The normalized spacial score (nSPS) is 10.8. The van der Waals surface area contributed by atoms with E-state index in [4.69, 9.17) is 11.6 Å². The van der Waals surface area contributed by atoms with Gasteiger partial charge in [0.25, 0.3) is 5.91 Å². The molecular weight excluding hydrogens is 306 g/mol. The molecule has 0 atom stereocenters. The fourth-order valence-electron chi connectivity index (χ4n) is 2.15. The van der Waals surface area contributed by atoms with Crippen LogP contribution in [0, 0.1) is 13.8 Å². The van der Waals surface area contributed by atoms with Gasteiger partial charge in [-0.25, -0.2) is 4.98 Å². The summed E-state index contributed by atoms with van der Waals surface area (Å²) in [6.45, 7) is 3.80. The average Bonchev–Trinajstić information content (AvgIpc) is 2.90. The summed E-state index contributed by atoms with van der Waals surface area (Å²) < 4.78 is 0. The third kappa shape index (κ3) is 2.62. The summed E-state index contributed by atoms with van der Waals surface area (Å²) in [7, 11) is 0. The van der Waals surface area contributed by atoms with E-state index in [0.29, 0.717) is 16.4 Å². The Balaban J connectivity index is 2.06. The molecule has 0 saturated heterocycles. The number of nitrogens with one attached hydrogen (secondary N) is 1. The number of benzene rings is 1. The lowest BCUT2D eigenvalue weighted by molar-refractivity contribution is 0.102. The first-order valence-electron chi connectivity index (χ1n) is 6.33. The topological polar surface area (TPSA) is 54.9 Å². The third-order valence-corrected chi connectivity index (χ3v) is 4.19. The SMILES string of the molecule is Cc1nc(C(=O)Nc2c(Cl)cc(C)c3ncccc23)cs1. The summed E-state index contributed by atoms with van der Waals surface area (Å²) in [6, 6.07) is 5.52. The van der Waals surface area contributed by atoms with Crippen molar-refractivity contribution in [1.82, 2.24) is 9.97 Å². The molecule has 0 radical (unpaired) electrons. The molecule has 0 aliphatic carbocycles. The molecule has 0 saturated carbocycles. The predicted octanol–water partition coefficient (Wildman–Crippen LogP) is 4.21. The summed E-state index contributed by atoms with van der Waals surface area (Å²) >= 11 is 7.72. The van der Waals surface area contributed by atoms with Crippen LogP contribution in [-0.2, 0) is 0 Å². The zero-order valence-corrected chi connectivity index (χ0v) is 13.0. The number of thiazole rings is 1. The van der Waals surface area contributed by atoms with E-state index in [2.05, 4.69) is 15.3 Å². The second-order valence-corrected chi connectivity index (χ2v) is 6.13. The molecule has 0 aliphatic rings. The molecule has 1 aromatic carbocycles. The lowest BCUT2D eigenvalue weighted by Crippen LogP contribution is -2.13. The van der Waals surface area contributed by atoms with E-state index in [0.717, 1.165) is 21.5 Å². The number of rotatable bonds is 2. The van der Waals surface area contributed by atoms with Crippen LogP contribution in [0.1, 0.15) is 21.1 Å². The van der Waals surface area contributed by atoms with E-state index in [1.807, 2.05) is 26.0 Å². The Morgan fingerprint density at radius 1 is 1.38 bits per heavy atom. The number of hydrogen-bond donors (Lipinski definition) is 1. The highest BCUT2D eigenvalue weighted by Gasteiger charge is 2.15. The highest BCUT2D eigenvalue weighted by atomic mass is 35.5. The molecule has 106 valence electrons. The molecule has 0 unspecified atom stereocenters. The predicted molar refractivity (Wildman–Crippen MR) is 86.3 cm³/mol. The zero-order chi connectivity index (χ0) is 15.0. The number of carbonyl (C=O) groups is 1. The number of hydrogen-bond acceptors (Lipinski definition) is 4. The fourth-order valence-corrected chi connectivity index (χ4v) is 3.06. The van der Waals surface area contributed by atoms with Gasteiger partial charge >= 0.3 is 0 Å². The molecule has 6 heteroatoms. The number of aromatic nitrogens is 2.